The maximum atomic E-state index is 11.8. The van der Waals surface area contributed by atoms with Crippen LogP contribution in [-0.2, 0) is 6.54 Å². The maximum absolute atomic E-state index is 11.8. The summed E-state index contributed by atoms with van der Waals surface area (Å²) in [6.45, 7) is 1.33. The summed E-state index contributed by atoms with van der Waals surface area (Å²) in [4.78, 5) is 22.4. The van der Waals surface area contributed by atoms with Crippen molar-refractivity contribution in [3.63, 3.8) is 0 Å². The van der Waals surface area contributed by atoms with Gasteiger partial charge in [-0.1, -0.05) is 36.4 Å². The summed E-state index contributed by atoms with van der Waals surface area (Å²) in [5.74, 6) is 0.538. The quantitative estimate of drug-likeness (QED) is 0.536. The van der Waals surface area contributed by atoms with Gasteiger partial charge < -0.3 is 15.3 Å². The number of nitrogens with zero attached hydrogens (tertiary/aromatic N) is 3. The third-order valence-electron chi connectivity index (χ3n) is 5.67. The molecule has 1 saturated carbocycles. The van der Waals surface area contributed by atoms with Gasteiger partial charge in [0.25, 0.3) is 0 Å². The van der Waals surface area contributed by atoms with E-state index in [1.54, 1.807) is 22.4 Å². The lowest BCUT2D eigenvalue weighted by molar-refractivity contribution is 0.100. The standard InChI is InChI=1S/C23H26N4O2S/c28-23(29)27(15-18-6-2-1-3-7-18)19-11-9-17(10-12-19)14-25-22-26-21(16-30-22)20-8-4-5-13-24-20/h1-8,13,16-17,19H,9-12,14-15H2,(H,25,26)(H,28,29). The minimum Gasteiger partial charge on any atom is -0.465 e. The van der Waals surface area contributed by atoms with Gasteiger partial charge in [-0.15, -0.1) is 11.3 Å². The topological polar surface area (TPSA) is 78.4 Å². The summed E-state index contributed by atoms with van der Waals surface area (Å²) in [5, 5.41) is 16.1. The second kappa shape index (κ2) is 9.71. The molecule has 1 fully saturated rings. The fourth-order valence-electron chi connectivity index (χ4n) is 4.01. The van der Waals surface area contributed by atoms with Crippen LogP contribution in [0.1, 0.15) is 31.2 Å². The number of carboxylic acid groups (broad SMARTS) is 1. The molecule has 0 aliphatic heterocycles. The molecule has 1 aliphatic carbocycles. The summed E-state index contributed by atoms with van der Waals surface area (Å²) in [5.41, 5.74) is 2.82. The SMILES string of the molecule is O=C(O)N(Cc1ccccc1)C1CCC(CNc2nc(-c3ccccn3)cs2)CC1. The highest BCUT2D eigenvalue weighted by molar-refractivity contribution is 7.14. The molecule has 6 nitrogen and oxygen atoms in total. The van der Waals surface area contributed by atoms with Gasteiger partial charge in [-0.3, -0.25) is 4.98 Å². The van der Waals surface area contributed by atoms with Crippen LogP contribution in [0.2, 0.25) is 0 Å². The lowest BCUT2D eigenvalue weighted by Crippen LogP contribution is -2.41. The Morgan fingerprint density at radius 2 is 1.83 bits per heavy atom. The van der Waals surface area contributed by atoms with Crippen molar-refractivity contribution in [1.29, 1.82) is 0 Å². The molecule has 2 heterocycles. The number of amides is 1. The first-order valence-electron chi connectivity index (χ1n) is 10.3. The molecule has 0 unspecified atom stereocenters. The molecule has 2 aromatic heterocycles. The van der Waals surface area contributed by atoms with Gasteiger partial charge in [-0.2, -0.15) is 0 Å². The van der Waals surface area contributed by atoms with Crippen LogP contribution in [0.3, 0.4) is 0 Å². The van der Waals surface area contributed by atoms with Crippen molar-refractivity contribution in [1.82, 2.24) is 14.9 Å². The Balaban J connectivity index is 1.27. The zero-order valence-corrected chi connectivity index (χ0v) is 17.6. The van der Waals surface area contributed by atoms with Gasteiger partial charge in [-0.05, 0) is 49.3 Å². The molecule has 2 N–H and O–H groups in total. The number of anilines is 1. The molecule has 1 aliphatic rings. The van der Waals surface area contributed by atoms with Gasteiger partial charge in [0.2, 0.25) is 0 Å². The van der Waals surface area contributed by atoms with Crippen molar-refractivity contribution < 1.29 is 9.90 Å². The molecule has 30 heavy (non-hydrogen) atoms. The first kappa shape index (κ1) is 20.3. The molecule has 3 aromatic rings. The van der Waals surface area contributed by atoms with Gasteiger partial charge in [0.15, 0.2) is 5.13 Å². The Morgan fingerprint density at radius 3 is 2.53 bits per heavy atom. The minimum atomic E-state index is -0.828. The summed E-state index contributed by atoms with van der Waals surface area (Å²) in [7, 11) is 0. The van der Waals surface area contributed by atoms with E-state index in [4.69, 9.17) is 0 Å². The molecule has 1 amide bonds. The van der Waals surface area contributed by atoms with E-state index in [9.17, 15) is 9.90 Å². The predicted molar refractivity (Wildman–Crippen MR) is 120 cm³/mol. The third-order valence-corrected chi connectivity index (χ3v) is 6.47. The normalized spacial score (nSPS) is 18.7. The Bertz CT molecular complexity index is 940. The first-order chi connectivity index (χ1) is 14.7. The van der Waals surface area contributed by atoms with Crippen LogP contribution in [0.4, 0.5) is 9.93 Å². The number of benzene rings is 1. The highest BCUT2D eigenvalue weighted by atomic mass is 32.1. The van der Waals surface area contributed by atoms with E-state index < -0.39 is 6.09 Å². The summed E-state index contributed by atoms with van der Waals surface area (Å²) < 4.78 is 0. The summed E-state index contributed by atoms with van der Waals surface area (Å²) in [6, 6.07) is 15.7. The van der Waals surface area contributed by atoms with Gasteiger partial charge >= 0.3 is 6.09 Å². The largest absolute Gasteiger partial charge is 0.465 e. The van der Waals surface area contributed by atoms with Crippen molar-refractivity contribution in [2.75, 3.05) is 11.9 Å². The Kier molecular flexibility index (Phi) is 6.59. The first-order valence-corrected chi connectivity index (χ1v) is 11.2. The third kappa shape index (κ3) is 5.16. The lowest BCUT2D eigenvalue weighted by Gasteiger charge is -2.35. The summed E-state index contributed by atoms with van der Waals surface area (Å²) in [6.07, 6.45) is 4.80. The molecule has 1 aromatic carbocycles. The predicted octanol–water partition coefficient (Wildman–Crippen LogP) is 5.36. The van der Waals surface area contributed by atoms with Gasteiger partial charge in [0, 0.05) is 30.7 Å². The van der Waals surface area contributed by atoms with Crippen LogP contribution in [-0.4, -0.2) is 38.7 Å². The molecule has 0 bridgehead atoms. The van der Waals surface area contributed by atoms with Crippen molar-refractivity contribution in [2.45, 2.75) is 38.3 Å². The highest BCUT2D eigenvalue weighted by Gasteiger charge is 2.28. The average molecular weight is 423 g/mol. The number of hydrogen-bond donors (Lipinski definition) is 2. The van der Waals surface area contributed by atoms with E-state index in [1.165, 1.54) is 0 Å². The fraction of sp³-hybridized carbons (Fsp3) is 0.348. The molecule has 0 spiro atoms. The zero-order valence-electron chi connectivity index (χ0n) is 16.8. The molecule has 156 valence electrons. The number of aromatic nitrogens is 2. The molecule has 0 saturated heterocycles. The van der Waals surface area contributed by atoms with Gasteiger partial charge in [0.05, 0.1) is 5.69 Å². The molecule has 4 rings (SSSR count). The molecule has 0 radical (unpaired) electrons. The Morgan fingerprint density at radius 1 is 1.07 bits per heavy atom. The second-order valence-electron chi connectivity index (χ2n) is 7.70. The molecular formula is C23H26N4O2S. The molecular weight excluding hydrogens is 396 g/mol. The van der Waals surface area contributed by atoms with Crippen LogP contribution < -0.4 is 5.32 Å². The smallest absolute Gasteiger partial charge is 0.407 e. The van der Waals surface area contributed by atoms with Crippen LogP contribution in [0.25, 0.3) is 11.4 Å². The van der Waals surface area contributed by atoms with E-state index in [0.29, 0.717) is 12.5 Å². The lowest BCUT2D eigenvalue weighted by atomic mass is 9.85. The van der Waals surface area contributed by atoms with Gasteiger partial charge in [0.1, 0.15) is 5.69 Å². The summed E-state index contributed by atoms with van der Waals surface area (Å²) >= 11 is 1.60. The Hall–Kier alpha value is -2.93. The number of rotatable bonds is 7. The van der Waals surface area contributed by atoms with Crippen LogP contribution in [0.15, 0.2) is 60.1 Å². The number of hydrogen-bond acceptors (Lipinski definition) is 5. The minimum absolute atomic E-state index is 0.0922. The van der Waals surface area contributed by atoms with E-state index in [-0.39, 0.29) is 6.04 Å². The van der Waals surface area contributed by atoms with Crippen LogP contribution in [0.5, 0.6) is 0 Å². The van der Waals surface area contributed by atoms with E-state index in [0.717, 1.165) is 54.3 Å². The van der Waals surface area contributed by atoms with Gasteiger partial charge in [-0.25, -0.2) is 9.78 Å². The zero-order chi connectivity index (χ0) is 20.8. The van der Waals surface area contributed by atoms with Crippen molar-refractivity contribution >= 4 is 22.6 Å². The number of carbonyl (C=O) groups is 1. The van der Waals surface area contributed by atoms with Crippen molar-refractivity contribution in [2.24, 2.45) is 5.92 Å². The van der Waals surface area contributed by atoms with E-state index in [1.807, 2.05) is 53.9 Å². The molecule has 7 heteroatoms. The number of thiazole rings is 1. The van der Waals surface area contributed by atoms with E-state index in [2.05, 4.69) is 15.3 Å². The van der Waals surface area contributed by atoms with Crippen LogP contribution >= 0.6 is 11.3 Å². The number of nitrogens with one attached hydrogen (secondary N) is 1. The Labute approximate surface area is 180 Å². The van der Waals surface area contributed by atoms with Crippen LogP contribution in [0, 0.1) is 5.92 Å². The van der Waals surface area contributed by atoms with Crippen molar-refractivity contribution in [3.8, 4) is 11.4 Å². The average Bonchev–Trinajstić information content (AvgIpc) is 3.27. The monoisotopic (exact) mass is 422 g/mol. The second-order valence-corrected chi connectivity index (χ2v) is 8.56. The maximum Gasteiger partial charge on any atom is 0.407 e. The molecule has 0 atom stereocenters. The highest BCUT2D eigenvalue weighted by Crippen LogP contribution is 2.30. The van der Waals surface area contributed by atoms with Crippen molar-refractivity contribution in [3.05, 3.63) is 65.7 Å². The van der Waals surface area contributed by atoms with E-state index >= 15 is 0 Å². The fourth-order valence-corrected chi connectivity index (χ4v) is 4.73. The number of pyridine rings is 1.